The second-order valence-electron chi connectivity index (χ2n) is 5.47. The van der Waals surface area contributed by atoms with Gasteiger partial charge in [-0.1, -0.05) is 24.3 Å². The highest BCUT2D eigenvalue weighted by molar-refractivity contribution is 8.18. The quantitative estimate of drug-likeness (QED) is 0.451. The van der Waals surface area contributed by atoms with Gasteiger partial charge >= 0.3 is 0 Å². The minimum absolute atomic E-state index is 0.00764. The van der Waals surface area contributed by atoms with Gasteiger partial charge in [-0.2, -0.15) is 0 Å². The Labute approximate surface area is 153 Å². The topological polar surface area (TPSA) is 89.8 Å². The number of carbonyl (C=O) groups is 2. The Bertz CT molecular complexity index is 908. The lowest BCUT2D eigenvalue weighted by atomic mass is 10.2. The average Bonchev–Trinajstić information content (AvgIpc) is 2.90. The van der Waals surface area contributed by atoms with Crippen molar-refractivity contribution in [3.8, 4) is 5.75 Å². The van der Waals surface area contributed by atoms with Gasteiger partial charge in [0.15, 0.2) is 0 Å². The van der Waals surface area contributed by atoms with E-state index in [0.717, 1.165) is 22.2 Å². The number of hydrogen-bond acceptors (Lipinski definition) is 6. The molecule has 1 heterocycles. The molecule has 0 unspecified atom stereocenters. The van der Waals surface area contributed by atoms with Gasteiger partial charge < -0.3 is 4.74 Å². The van der Waals surface area contributed by atoms with E-state index in [0.29, 0.717) is 16.2 Å². The third kappa shape index (κ3) is 3.75. The summed E-state index contributed by atoms with van der Waals surface area (Å²) in [5.74, 6) is 0.281. The largest absolute Gasteiger partial charge is 0.497 e. The number of nitro groups is 1. The van der Waals surface area contributed by atoms with Gasteiger partial charge in [0.05, 0.1) is 23.5 Å². The number of methoxy groups -OCH3 is 1. The zero-order valence-electron chi connectivity index (χ0n) is 13.7. The normalized spacial score (nSPS) is 15.6. The summed E-state index contributed by atoms with van der Waals surface area (Å²) in [7, 11) is 1.56. The summed E-state index contributed by atoms with van der Waals surface area (Å²) < 4.78 is 5.08. The third-order valence-electron chi connectivity index (χ3n) is 3.75. The van der Waals surface area contributed by atoms with Crippen LogP contribution in [-0.4, -0.2) is 28.1 Å². The number of nitrogens with zero attached hydrogens (tertiary/aromatic N) is 2. The standard InChI is InChI=1S/C18H14N2O5S/c1-25-15-7-5-12(6-8-15)10-16-17(21)19(18(22)26-16)11-13-3-2-4-14(9-13)20(23)24/h2-10H,11H2,1H3/b16-10-. The fourth-order valence-corrected chi connectivity index (χ4v) is 3.28. The molecule has 0 N–H and O–H groups in total. The van der Waals surface area contributed by atoms with Crippen LogP contribution in [-0.2, 0) is 11.3 Å². The fourth-order valence-electron chi connectivity index (χ4n) is 2.44. The molecule has 0 aromatic heterocycles. The van der Waals surface area contributed by atoms with Gasteiger partial charge in [-0.25, -0.2) is 0 Å². The molecule has 0 aliphatic carbocycles. The first kappa shape index (κ1) is 17.7. The fraction of sp³-hybridized carbons (Fsp3) is 0.111. The zero-order valence-corrected chi connectivity index (χ0v) is 14.6. The number of imide groups is 1. The SMILES string of the molecule is COc1ccc(/C=C2\SC(=O)N(Cc3cccc([N+](=O)[O-])c3)C2=O)cc1. The number of thioether (sulfide) groups is 1. The zero-order chi connectivity index (χ0) is 18.7. The summed E-state index contributed by atoms with van der Waals surface area (Å²) in [6.07, 6.45) is 1.64. The van der Waals surface area contributed by atoms with Crippen LogP contribution in [0, 0.1) is 10.1 Å². The molecule has 3 rings (SSSR count). The van der Waals surface area contributed by atoms with Crippen molar-refractivity contribution in [3.63, 3.8) is 0 Å². The number of carbonyl (C=O) groups excluding carboxylic acids is 2. The number of ether oxygens (including phenoxy) is 1. The Morgan fingerprint density at radius 3 is 2.58 bits per heavy atom. The second-order valence-corrected chi connectivity index (χ2v) is 6.46. The smallest absolute Gasteiger partial charge is 0.293 e. The van der Waals surface area contributed by atoms with E-state index in [4.69, 9.17) is 4.74 Å². The van der Waals surface area contributed by atoms with E-state index < -0.39 is 16.1 Å². The lowest BCUT2D eigenvalue weighted by Gasteiger charge is -2.12. The molecule has 1 aliphatic heterocycles. The predicted molar refractivity (Wildman–Crippen MR) is 97.6 cm³/mol. The number of rotatable bonds is 5. The van der Waals surface area contributed by atoms with Crippen LogP contribution in [0.1, 0.15) is 11.1 Å². The second kappa shape index (κ2) is 7.40. The average molecular weight is 370 g/mol. The van der Waals surface area contributed by atoms with E-state index in [9.17, 15) is 19.7 Å². The highest BCUT2D eigenvalue weighted by Crippen LogP contribution is 2.33. The Hall–Kier alpha value is -3.13. The first-order valence-electron chi connectivity index (χ1n) is 7.60. The summed E-state index contributed by atoms with van der Waals surface area (Å²) in [6, 6.07) is 13.0. The highest BCUT2D eigenvalue weighted by Gasteiger charge is 2.35. The number of nitro benzene ring substituents is 1. The minimum Gasteiger partial charge on any atom is -0.497 e. The monoisotopic (exact) mass is 370 g/mol. The molecule has 2 aromatic rings. The van der Waals surface area contributed by atoms with Crippen LogP contribution in [0.2, 0.25) is 0 Å². The molecule has 132 valence electrons. The van der Waals surface area contributed by atoms with Crippen LogP contribution >= 0.6 is 11.8 Å². The van der Waals surface area contributed by atoms with Crippen molar-refractivity contribution in [2.45, 2.75) is 6.54 Å². The van der Waals surface area contributed by atoms with Crippen molar-refractivity contribution < 1.29 is 19.2 Å². The summed E-state index contributed by atoms with van der Waals surface area (Å²) in [5, 5.41) is 10.5. The maximum Gasteiger partial charge on any atom is 0.293 e. The Morgan fingerprint density at radius 1 is 1.19 bits per heavy atom. The van der Waals surface area contributed by atoms with Gasteiger partial charge in [-0.3, -0.25) is 24.6 Å². The van der Waals surface area contributed by atoms with Crippen molar-refractivity contribution in [1.82, 2.24) is 4.90 Å². The van der Waals surface area contributed by atoms with Crippen molar-refractivity contribution in [3.05, 3.63) is 74.7 Å². The molecule has 8 heteroatoms. The van der Waals surface area contributed by atoms with Crippen LogP contribution in [0.5, 0.6) is 5.75 Å². The van der Waals surface area contributed by atoms with E-state index in [1.54, 1.807) is 43.5 Å². The molecule has 2 amide bonds. The minimum atomic E-state index is -0.513. The molecule has 0 spiro atoms. The van der Waals surface area contributed by atoms with Crippen molar-refractivity contribution in [1.29, 1.82) is 0 Å². The Balaban J connectivity index is 1.79. The maximum atomic E-state index is 12.5. The van der Waals surface area contributed by atoms with Crippen LogP contribution in [0.4, 0.5) is 10.5 Å². The molecule has 7 nitrogen and oxygen atoms in total. The van der Waals surface area contributed by atoms with Crippen molar-refractivity contribution >= 4 is 34.7 Å². The molecule has 2 aromatic carbocycles. The van der Waals surface area contributed by atoms with Crippen LogP contribution in [0.25, 0.3) is 6.08 Å². The molecule has 1 aliphatic rings. The molecule has 1 saturated heterocycles. The Kier molecular flexibility index (Phi) is 5.04. The molecule has 0 radical (unpaired) electrons. The summed E-state index contributed by atoms with van der Waals surface area (Å²) in [5.41, 5.74) is 1.21. The van der Waals surface area contributed by atoms with Gasteiger partial charge in [-0.05, 0) is 41.1 Å². The van der Waals surface area contributed by atoms with E-state index >= 15 is 0 Å². The maximum absolute atomic E-state index is 12.5. The van der Waals surface area contributed by atoms with E-state index in [2.05, 4.69) is 0 Å². The molecular weight excluding hydrogens is 356 g/mol. The first-order chi connectivity index (χ1) is 12.5. The van der Waals surface area contributed by atoms with Gasteiger partial charge in [0.25, 0.3) is 16.8 Å². The number of benzene rings is 2. The molecule has 26 heavy (non-hydrogen) atoms. The third-order valence-corrected chi connectivity index (χ3v) is 4.66. The molecule has 1 fully saturated rings. The van der Waals surface area contributed by atoms with E-state index in [1.807, 2.05) is 0 Å². The van der Waals surface area contributed by atoms with Gasteiger partial charge in [-0.15, -0.1) is 0 Å². The molecule has 0 bridgehead atoms. The van der Waals surface area contributed by atoms with E-state index in [-0.39, 0.29) is 12.2 Å². The predicted octanol–water partition coefficient (Wildman–Crippen LogP) is 3.84. The summed E-state index contributed by atoms with van der Waals surface area (Å²) in [6.45, 7) is -0.00764. The Morgan fingerprint density at radius 2 is 1.92 bits per heavy atom. The number of hydrogen-bond donors (Lipinski definition) is 0. The van der Waals surface area contributed by atoms with Gasteiger partial charge in [0, 0.05) is 12.1 Å². The van der Waals surface area contributed by atoms with Crippen molar-refractivity contribution in [2.24, 2.45) is 0 Å². The first-order valence-corrected chi connectivity index (χ1v) is 8.42. The lowest BCUT2D eigenvalue weighted by Crippen LogP contribution is -2.27. The number of non-ortho nitro benzene ring substituents is 1. The van der Waals surface area contributed by atoms with Crippen LogP contribution < -0.4 is 4.74 Å². The highest BCUT2D eigenvalue weighted by atomic mass is 32.2. The van der Waals surface area contributed by atoms with Gasteiger partial charge in [0.1, 0.15) is 5.75 Å². The molecule has 0 saturated carbocycles. The molecule has 0 atom stereocenters. The summed E-state index contributed by atoms with van der Waals surface area (Å²) >= 11 is 0.850. The lowest BCUT2D eigenvalue weighted by molar-refractivity contribution is -0.384. The number of amides is 2. The summed E-state index contributed by atoms with van der Waals surface area (Å²) in [4.78, 5) is 36.4. The molecular formula is C18H14N2O5S. The van der Waals surface area contributed by atoms with Gasteiger partial charge in [0.2, 0.25) is 0 Å². The van der Waals surface area contributed by atoms with E-state index in [1.165, 1.54) is 18.2 Å². The van der Waals surface area contributed by atoms with Crippen LogP contribution in [0.3, 0.4) is 0 Å². The van der Waals surface area contributed by atoms with Crippen molar-refractivity contribution in [2.75, 3.05) is 7.11 Å². The van der Waals surface area contributed by atoms with Crippen LogP contribution in [0.15, 0.2) is 53.4 Å².